The maximum Gasteiger partial charge on any atom is 0.338 e. The zero-order valence-electron chi connectivity index (χ0n) is 19.0. The van der Waals surface area contributed by atoms with Crippen LogP contribution in [0.5, 0.6) is 11.5 Å². The van der Waals surface area contributed by atoms with Crippen molar-refractivity contribution in [3.05, 3.63) is 89.5 Å². The van der Waals surface area contributed by atoms with Gasteiger partial charge in [-0.3, -0.25) is 0 Å². The van der Waals surface area contributed by atoms with E-state index in [2.05, 4.69) is 6.92 Å². The number of anilines is 2. The van der Waals surface area contributed by atoms with E-state index in [-0.39, 0.29) is 6.61 Å². The summed E-state index contributed by atoms with van der Waals surface area (Å²) in [6.07, 6.45) is 4.98. The fraction of sp³-hybridized carbons (Fsp3) is 0.185. The number of ether oxygens (including phenoxy) is 3. The van der Waals surface area contributed by atoms with Crippen LogP contribution < -0.4 is 20.9 Å². The first-order valence-corrected chi connectivity index (χ1v) is 11.0. The molecule has 3 rings (SSSR count). The molecule has 7 nitrogen and oxygen atoms in total. The van der Waals surface area contributed by atoms with Gasteiger partial charge in [0, 0.05) is 17.5 Å². The second-order valence-electron chi connectivity index (χ2n) is 7.63. The highest BCUT2D eigenvalue weighted by atomic mass is 16.5. The van der Waals surface area contributed by atoms with Crippen molar-refractivity contribution < 1.29 is 23.8 Å². The van der Waals surface area contributed by atoms with Crippen molar-refractivity contribution in [1.82, 2.24) is 0 Å². The lowest BCUT2D eigenvalue weighted by molar-refractivity contribution is -0.128. The third-order valence-corrected chi connectivity index (χ3v) is 4.77. The van der Waals surface area contributed by atoms with Gasteiger partial charge < -0.3 is 25.7 Å². The fourth-order valence-electron chi connectivity index (χ4n) is 3.04. The molecule has 0 radical (unpaired) electrons. The lowest BCUT2D eigenvalue weighted by Gasteiger charge is -2.07. The molecule has 0 atom stereocenters. The van der Waals surface area contributed by atoms with Crippen LogP contribution in [0.1, 0.15) is 41.3 Å². The number of benzene rings is 3. The van der Waals surface area contributed by atoms with Gasteiger partial charge in [0.15, 0.2) is 0 Å². The topological polar surface area (TPSA) is 114 Å². The van der Waals surface area contributed by atoms with Crippen LogP contribution in [0.25, 0.3) is 6.08 Å². The van der Waals surface area contributed by atoms with Crippen LogP contribution in [0.15, 0.2) is 72.8 Å². The number of nitrogen functional groups attached to an aromatic ring is 2. The molecule has 3 aromatic rings. The van der Waals surface area contributed by atoms with Crippen molar-refractivity contribution >= 4 is 29.4 Å². The van der Waals surface area contributed by atoms with Gasteiger partial charge in [-0.15, -0.1) is 0 Å². The van der Waals surface area contributed by atoms with Gasteiger partial charge in [0.05, 0.1) is 12.2 Å². The maximum absolute atomic E-state index is 12.3. The van der Waals surface area contributed by atoms with Crippen molar-refractivity contribution in [1.29, 1.82) is 0 Å². The monoisotopic (exact) mass is 460 g/mol. The van der Waals surface area contributed by atoms with Crippen molar-refractivity contribution in [3.63, 3.8) is 0 Å². The molecule has 0 unspecified atom stereocenters. The molecule has 0 amide bonds. The average Bonchev–Trinajstić information content (AvgIpc) is 2.82. The van der Waals surface area contributed by atoms with Crippen LogP contribution in [0.2, 0.25) is 0 Å². The molecule has 0 bridgehead atoms. The molecule has 0 saturated carbocycles. The quantitative estimate of drug-likeness (QED) is 0.144. The molecule has 176 valence electrons. The molecule has 34 heavy (non-hydrogen) atoms. The smallest absolute Gasteiger partial charge is 0.338 e. The maximum atomic E-state index is 12.3. The molecule has 0 aliphatic carbocycles. The average molecular weight is 461 g/mol. The van der Waals surface area contributed by atoms with Crippen molar-refractivity contribution in [2.75, 3.05) is 18.1 Å². The summed E-state index contributed by atoms with van der Waals surface area (Å²) in [5, 5.41) is 0. The fourth-order valence-corrected chi connectivity index (χ4v) is 3.04. The molecule has 0 heterocycles. The number of carbonyl (C=O) groups is 2. The van der Waals surface area contributed by atoms with Crippen LogP contribution in [0.3, 0.4) is 0 Å². The van der Waals surface area contributed by atoms with Crippen molar-refractivity contribution in [3.8, 4) is 11.5 Å². The van der Waals surface area contributed by atoms with Crippen LogP contribution in [0, 0.1) is 0 Å². The molecule has 3 aromatic carbocycles. The van der Waals surface area contributed by atoms with E-state index < -0.39 is 11.9 Å². The minimum Gasteiger partial charge on any atom is -0.494 e. The molecule has 0 fully saturated rings. The van der Waals surface area contributed by atoms with E-state index in [4.69, 9.17) is 25.7 Å². The summed E-state index contributed by atoms with van der Waals surface area (Å²) in [7, 11) is 0. The number of hydrogen-bond acceptors (Lipinski definition) is 7. The predicted molar refractivity (Wildman–Crippen MR) is 132 cm³/mol. The minimum absolute atomic E-state index is 0.0629. The predicted octanol–water partition coefficient (Wildman–Crippen LogP) is 5.01. The number of carbonyl (C=O) groups excluding carboxylic acids is 2. The minimum atomic E-state index is -0.510. The summed E-state index contributed by atoms with van der Waals surface area (Å²) in [5.41, 5.74) is 14.3. The highest BCUT2D eigenvalue weighted by molar-refractivity contribution is 5.91. The normalized spacial score (nSPS) is 10.7. The Morgan fingerprint density at radius 1 is 0.882 bits per heavy atom. The van der Waals surface area contributed by atoms with E-state index in [0.29, 0.717) is 34.9 Å². The van der Waals surface area contributed by atoms with E-state index in [0.717, 1.165) is 24.2 Å². The molecule has 0 spiro atoms. The van der Waals surface area contributed by atoms with E-state index in [1.165, 1.54) is 6.08 Å². The largest absolute Gasteiger partial charge is 0.494 e. The van der Waals surface area contributed by atoms with Gasteiger partial charge in [-0.25, -0.2) is 9.59 Å². The second-order valence-corrected chi connectivity index (χ2v) is 7.63. The highest BCUT2D eigenvalue weighted by Crippen LogP contribution is 2.19. The third kappa shape index (κ3) is 7.70. The second kappa shape index (κ2) is 12.1. The SMILES string of the molecule is CCCCOc1ccc(OC(=O)/C=C/c2ccc(C(=O)OCc3cc(N)cc(N)c3)cc2)cc1. The number of unbranched alkanes of at least 4 members (excludes halogenated alkanes) is 1. The van der Waals surface area contributed by atoms with Crippen LogP contribution in [-0.2, 0) is 16.1 Å². The first-order valence-electron chi connectivity index (χ1n) is 11.0. The number of hydrogen-bond donors (Lipinski definition) is 2. The third-order valence-electron chi connectivity index (χ3n) is 4.77. The van der Waals surface area contributed by atoms with E-state index in [1.54, 1.807) is 72.8 Å². The van der Waals surface area contributed by atoms with Gasteiger partial charge in [-0.2, -0.15) is 0 Å². The van der Waals surface area contributed by atoms with Crippen molar-refractivity contribution in [2.45, 2.75) is 26.4 Å². The molecular formula is C27H28N2O5. The summed E-state index contributed by atoms with van der Waals surface area (Å²) >= 11 is 0. The zero-order chi connectivity index (χ0) is 24.3. The Morgan fingerprint density at radius 3 is 2.18 bits per heavy atom. The summed E-state index contributed by atoms with van der Waals surface area (Å²) in [6.45, 7) is 2.82. The van der Waals surface area contributed by atoms with Gasteiger partial charge >= 0.3 is 11.9 Å². The van der Waals surface area contributed by atoms with Crippen LogP contribution in [0.4, 0.5) is 11.4 Å². The summed E-state index contributed by atoms with van der Waals surface area (Å²) in [5.74, 6) is 0.180. The Labute approximate surface area is 198 Å². The lowest BCUT2D eigenvalue weighted by atomic mass is 10.1. The Balaban J connectivity index is 1.48. The van der Waals surface area contributed by atoms with E-state index in [1.807, 2.05) is 0 Å². The highest BCUT2D eigenvalue weighted by Gasteiger charge is 2.08. The molecular weight excluding hydrogens is 432 g/mol. The summed E-state index contributed by atoms with van der Waals surface area (Å²) in [4.78, 5) is 24.4. The van der Waals surface area contributed by atoms with Gasteiger partial charge in [-0.1, -0.05) is 25.5 Å². The van der Waals surface area contributed by atoms with Crippen LogP contribution in [-0.4, -0.2) is 18.5 Å². The Bertz CT molecular complexity index is 1120. The summed E-state index contributed by atoms with van der Waals surface area (Å²) in [6, 6.07) is 18.6. The first kappa shape index (κ1) is 24.4. The van der Waals surface area contributed by atoms with Gasteiger partial charge in [0.1, 0.15) is 18.1 Å². The Kier molecular flexibility index (Phi) is 8.68. The first-order chi connectivity index (χ1) is 16.4. The Morgan fingerprint density at radius 2 is 1.53 bits per heavy atom. The summed E-state index contributed by atoms with van der Waals surface area (Å²) < 4.78 is 16.2. The number of nitrogens with two attached hydrogens (primary N) is 2. The Hall–Kier alpha value is -4.26. The van der Waals surface area contributed by atoms with E-state index >= 15 is 0 Å². The molecule has 0 aliphatic heterocycles. The molecule has 0 saturated heterocycles. The van der Waals surface area contributed by atoms with Crippen LogP contribution >= 0.6 is 0 Å². The van der Waals surface area contributed by atoms with Crippen molar-refractivity contribution in [2.24, 2.45) is 0 Å². The number of rotatable bonds is 10. The molecule has 4 N–H and O–H groups in total. The van der Waals surface area contributed by atoms with Gasteiger partial charge in [-0.05, 0) is 78.2 Å². The van der Waals surface area contributed by atoms with Gasteiger partial charge in [0.25, 0.3) is 0 Å². The number of esters is 2. The molecule has 0 aliphatic rings. The zero-order valence-corrected chi connectivity index (χ0v) is 19.0. The standard InChI is InChI=1S/C27H28N2O5/c1-2-3-14-32-24-9-11-25(12-10-24)34-26(30)13-6-19-4-7-21(8-5-19)27(31)33-18-20-15-22(28)17-23(29)16-20/h4-13,15-17H,2-3,14,18,28-29H2,1H3/b13-6+. The van der Waals surface area contributed by atoms with Gasteiger partial charge in [0.2, 0.25) is 0 Å². The molecule has 0 aromatic heterocycles. The lowest BCUT2D eigenvalue weighted by Crippen LogP contribution is -2.06. The van der Waals surface area contributed by atoms with E-state index in [9.17, 15) is 9.59 Å². The molecule has 7 heteroatoms.